The van der Waals surface area contributed by atoms with Gasteiger partial charge in [-0.25, -0.2) is 4.79 Å². The molecule has 0 aliphatic carbocycles. The third kappa shape index (κ3) is 4.07. The lowest BCUT2D eigenvalue weighted by Crippen LogP contribution is -2.45. The second kappa shape index (κ2) is 8.36. The highest BCUT2D eigenvalue weighted by Crippen LogP contribution is 2.29. The molecule has 1 aliphatic heterocycles. The van der Waals surface area contributed by atoms with E-state index in [-0.39, 0.29) is 12.1 Å². The summed E-state index contributed by atoms with van der Waals surface area (Å²) in [5.41, 5.74) is 0.764. The SMILES string of the molecule is O=C(Nc1ccccc1)N(S)C1CCN(c2nncc3ccc(Br)cc23)CC1. The van der Waals surface area contributed by atoms with Gasteiger partial charge >= 0.3 is 6.03 Å². The number of carbonyl (C=O) groups is 1. The molecule has 0 unspecified atom stereocenters. The molecule has 28 heavy (non-hydrogen) atoms. The maximum absolute atomic E-state index is 12.5. The van der Waals surface area contributed by atoms with Crippen LogP contribution >= 0.6 is 28.7 Å². The van der Waals surface area contributed by atoms with Gasteiger partial charge in [-0.05, 0) is 37.1 Å². The number of benzene rings is 2. The lowest BCUT2D eigenvalue weighted by Gasteiger charge is -2.36. The molecule has 1 aliphatic rings. The van der Waals surface area contributed by atoms with E-state index in [9.17, 15) is 4.79 Å². The van der Waals surface area contributed by atoms with Crippen LogP contribution in [0.2, 0.25) is 0 Å². The molecule has 1 aromatic heterocycles. The third-order valence-electron chi connectivity index (χ3n) is 4.95. The van der Waals surface area contributed by atoms with Crippen molar-refractivity contribution in [1.82, 2.24) is 14.5 Å². The number of para-hydroxylation sites is 1. The van der Waals surface area contributed by atoms with Crippen LogP contribution in [0.5, 0.6) is 0 Å². The summed E-state index contributed by atoms with van der Waals surface area (Å²) < 4.78 is 2.53. The largest absolute Gasteiger partial charge is 0.354 e. The van der Waals surface area contributed by atoms with E-state index >= 15 is 0 Å². The van der Waals surface area contributed by atoms with Gasteiger partial charge in [0.05, 0.1) is 6.20 Å². The van der Waals surface area contributed by atoms with E-state index in [0.717, 1.165) is 52.7 Å². The molecule has 2 amide bonds. The first-order valence-corrected chi connectivity index (χ1v) is 10.3. The zero-order valence-corrected chi connectivity index (χ0v) is 17.6. The van der Waals surface area contributed by atoms with Crippen molar-refractivity contribution in [1.29, 1.82) is 0 Å². The molecule has 1 fully saturated rings. The Balaban J connectivity index is 1.42. The van der Waals surface area contributed by atoms with Gasteiger partial charge < -0.3 is 10.2 Å². The van der Waals surface area contributed by atoms with Crippen molar-refractivity contribution in [2.75, 3.05) is 23.3 Å². The summed E-state index contributed by atoms with van der Waals surface area (Å²) in [6.07, 6.45) is 3.41. The summed E-state index contributed by atoms with van der Waals surface area (Å²) in [6, 6.07) is 15.4. The number of nitrogens with zero attached hydrogens (tertiary/aromatic N) is 4. The maximum atomic E-state index is 12.5. The minimum atomic E-state index is -0.207. The fourth-order valence-corrected chi connectivity index (χ4v) is 4.10. The minimum absolute atomic E-state index is 0.0676. The van der Waals surface area contributed by atoms with Crippen LogP contribution in [-0.2, 0) is 0 Å². The number of halogens is 1. The Morgan fingerprint density at radius 1 is 1.18 bits per heavy atom. The van der Waals surface area contributed by atoms with E-state index in [2.05, 4.69) is 55.2 Å². The van der Waals surface area contributed by atoms with Crippen LogP contribution in [0.15, 0.2) is 59.2 Å². The lowest BCUT2D eigenvalue weighted by atomic mass is 10.0. The van der Waals surface area contributed by atoms with Gasteiger partial charge in [-0.2, -0.15) is 5.10 Å². The standard InChI is InChI=1S/C20H20BrN5OS/c21-15-7-6-14-13-22-24-19(18(14)12-15)25-10-8-17(9-11-25)26(28)20(27)23-16-4-2-1-3-5-16/h1-7,12-13,17,28H,8-11H2,(H,23,27). The number of hydrogen-bond donors (Lipinski definition) is 2. The Morgan fingerprint density at radius 3 is 2.68 bits per heavy atom. The summed E-state index contributed by atoms with van der Waals surface area (Å²) in [4.78, 5) is 14.7. The average molecular weight is 458 g/mol. The van der Waals surface area contributed by atoms with E-state index in [1.54, 1.807) is 6.20 Å². The van der Waals surface area contributed by atoms with Crippen molar-refractivity contribution in [3.05, 3.63) is 59.2 Å². The highest BCUT2D eigenvalue weighted by molar-refractivity contribution is 9.10. The molecule has 1 N–H and O–H groups in total. The van der Waals surface area contributed by atoms with Crippen LogP contribution in [-0.4, -0.2) is 39.7 Å². The predicted octanol–water partition coefficient (Wildman–Crippen LogP) is 4.74. The fourth-order valence-electron chi connectivity index (χ4n) is 3.46. The Bertz CT molecular complexity index is 979. The first-order chi connectivity index (χ1) is 13.6. The number of thiol groups is 1. The number of hydrogen-bond acceptors (Lipinski definition) is 5. The van der Waals surface area contributed by atoms with Crippen LogP contribution in [0.25, 0.3) is 10.8 Å². The van der Waals surface area contributed by atoms with Crippen LogP contribution in [0.3, 0.4) is 0 Å². The summed E-state index contributed by atoms with van der Waals surface area (Å²) in [5, 5.41) is 13.5. The number of carbonyl (C=O) groups excluding carboxylic acids is 1. The molecule has 1 saturated heterocycles. The molecular weight excluding hydrogens is 438 g/mol. The maximum Gasteiger partial charge on any atom is 0.331 e. The molecule has 0 saturated carbocycles. The van der Waals surface area contributed by atoms with E-state index in [1.807, 2.05) is 42.5 Å². The zero-order valence-electron chi connectivity index (χ0n) is 15.1. The van der Waals surface area contributed by atoms with Gasteiger partial charge in [0, 0.05) is 40.1 Å². The average Bonchev–Trinajstić information content (AvgIpc) is 2.73. The van der Waals surface area contributed by atoms with E-state index in [0.29, 0.717) is 0 Å². The van der Waals surface area contributed by atoms with Crippen LogP contribution < -0.4 is 10.2 Å². The van der Waals surface area contributed by atoms with Gasteiger partial charge in [-0.1, -0.05) is 53.0 Å². The Morgan fingerprint density at radius 2 is 1.93 bits per heavy atom. The van der Waals surface area contributed by atoms with Gasteiger partial charge in [0.25, 0.3) is 0 Å². The number of anilines is 2. The molecule has 4 rings (SSSR count). The van der Waals surface area contributed by atoms with Gasteiger partial charge in [-0.3, -0.25) is 4.31 Å². The van der Waals surface area contributed by atoms with Crippen molar-refractivity contribution in [2.45, 2.75) is 18.9 Å². The molecular formula is C20H20BrN5OS. The second-order valence-electron chi connectivity index (χ2n) is 6.76. The molecule has 8 heteroatoms. The smallest absolute Gasteiger partial charge is 0.331 e. The molecule has 0 bridgehead atoms. The van der Waals surface area contributed by atoms with Crippen LogP contribution in [0.4, 0.5) is 16.3 Å². The first kappa shape index (κ1) is 19.0. The number of nitrogens with one attached hydrogen (secondary N) is 1. The minimum Gasteiger partial charge on any atom is -0.354 e. The third-order valence-corrected chi connectivity index (χ3v) is 5.95. The van der Waals surface area contributed by atoms with Crippen molar-refractivity contribution >= 4 is 57.1 Å². The molecule has 6 nitrogen and oxygen atoms in total. The molecule has 0 spiro atoms. The number of urea groups is 1. The van der Waals surface area contributed by atoms with Gasteiger partial charge in [-0.15, -0.1) is 5.10 Å². The fraction of sp³-hybridized carbons (Fsp3) is 0.250. The van der Waals surface area contributed by atoms with E-state index in [1.165, 1.54) is 4.31 Å². The Labute approximate surface area is 177 Å². The molecule has 2 aromatic carbocycles. The second-order valence-corrected chi connectivity index (χ2v) is 8.11. The highest BCUT2D eigenvalue weighted by atomic mass is 79.9. The first-order valence-electron chi connectivity index (χ1n) is 9.12. The van der Waals surface area contributed by atoms with Crippen molar-refractivity contribution in [2.24, 2.45) is 0 Å². The summed E-state index contributed by atoms with van der Waals surface area (Å²) in [6.45, 7) is 1.58. The van der Waals surface area contributed by atoms with E-state index in [4.69, 9.17) is 0 Å². The number of piperidine rings is 1. The number of aromatic nitrogens is 2. The Hall–Kier alpha value is -2.32. The molecule has 2 heterocycles. The molecule has 144 valence electrons. The van der Waals surface area contributed by atoms with Crippen molar-refractivity contribution in [3.63, 3.8) is 0 Å². The Kier molecular flexibility index (Phi) is 5.68. The van der Waals surface area contributed by atoms with Crippen LogP contribution in [0.1, 0.15) is 12.8 Å². The summed E-state index contributed by atoms with van der Waals surface area (Å²) in [7, 11) is 0. The quantitative estimate of drug-likeness (QED) is 0.557. The van der Waals surface area contributed by atoms with Crippen molar-refractivity contribution < 1.29 is 4.79 Å². The number of rotatable bonds is 3. The van der Waals surface area contributed by atoms with E-state index < -0.39 is 0 Å². The zero-order chi connectivity index (χ0) is 19.5. The van der Waals surface area contributed by atoms with Gasteiger partial charge in [0.1, 0.15) is 0 Å². The van der Waals surface area contributed by atoms with Crippen LogP contribution in [0, 0.1) is 0 Å². The van der Waals surface area contributed by atoms with Gasteiger partial charge in [0.15, 0.2) is 5.82 Å². The molecule has 0 radical (unpaired) electrons. The van der Waals surface area contributed by atoms with Gasteiger partial charge in [0.2, 0.25) is 0 Å². The molecule has 3 aromatic rings. The molecule has 0 atom stereocenters. The normalized spacial score (nSPS) is 14.9. The van der Waals surface area contributed by atoms with Crippen molar-refractivity contribution in [3.8, 4) is 0 Å². The highest BCUT2D eigenvalue weighted by Gasteiger charge is 2.27. The predicted molar refractivity (Wildman–Crippen MR) is 119 cm³/mol. The number of amides is 2. The lowest BCUT2D eigenvalue weighted by molar-refractivity contribution is 0.223. The monoisotopic (exact) mass is 457 g/mol. The summed E-state index contributed by atoms with van der Waals surface area (Å²) >= 11 is 7.99. The summed E-state index contributed by atoms with van der Waals surface area (Å²) in [5.74, 6) is 0.886. The number of fused-ring (bicyclic) bond motifs is 1. The topological polar surface area (TPSA) is 61.4 Å².